The van der Waals surface area contributed by atoms with Crippen molar-refractivity contribution >= 4 is 41.3 Å². The summed E-state index contributed by atoms with van der Waals surface area (Å²) >= 11 is 0. The number of nitrogens with one attached hydrogen (secondary N) is 1. The van der Waals surface area contributed by atoms with Crippen molar-refractivity contribution in [3.8, 4) is 5.88 Å². The van der Waals surface area contributed by atoms with Gasteiger partial charge in [-0.25, -0.2) is 9.97 Å². The third-order valence-corrected chi connectivity index (χ3v) is 3.29. The van der Waals surface area contributed by atoms with E-state index in [1.54, 1.807) is 36.5 Å². The van der Waals surface area contributed by atoms with Crippen molar-refractivity contribution in [2.45, 2.75) is 0 Å². The van der Waals surface area contributed by atoms with Crippen LogP contribution in [0.1, 0.15) is 0 Å². The molecule has 1 N–H and O–H groups in total. The van der Waals surface area contributed by atoms with Crippen molar-refractivity contribution in [2.24, 2.45) is 0 Å². The molecule has 8 heteroatoms. The Morgan fingerprint density at radius 1 is 1.30 bits per heavy atom. The minimum absolute atomic E-state index is 0.158. The highest BCUT2D eigenvalue weighted by molar-refractivity contribution is 6.33. The van der Waals surface area contributed by atoms with Crippen molar-refractivity contribution in [1.82, 2.24) is 9.97 Å². The number of methoxy groups -OCH3 is 1. The molecule has 0 aliphatic heterocycles. The lowest BCUT2D eigenvalue weighted by Crippen LogP contribution is -2.05. The van der Waals surface area contributed by atoms with Gasteiger partial charge in [0.15, 0.2) is 0 Å². The van der Waals surface area contributed by atoms with E-state index in [9.17, 15) is 10.1 Å². The molecule has 23 heavy (non-hydrogen) atoms. The van der Waals surface area contributed by atoms with Crippen molar-refractivity contribution in [1.29, 1.82) is 0 Å². The van der Waals surface area contributed by atoms with Gasteiger partial charge in [0, 0.05) is 11.6 Å². The molecule has 0 unspecified atom stereocenters. The van der Waals surface area contributed by atoms with Gasteiger partial charge in [-0.2, -0.15) is 0 Å². The maximum atomic E-state index is 11.3. The number of nitro groups is 1. The van der Waals surface area contributed by atoms with E-state index in [1.165, 1.54) is 13.3 Å². The Morgan fingerprint density at radius 3 is 2.87 bits per heavy atom. The second-order valence-electron chi connectivity index (χ2n) is 4.74. The number of nitrogens with zero attached hydrogens (tertiary/aromatic N) is 3. The van der Waals surface area contributed by atoms with Crippen LogP contribution in [0.5, 0.6) is 5.88 Å². The Bertz CT molecular complexity index is 901. The Balaban J connectivity index is 2.23. The van der Waals surface area contributed by atoms with Crippen LogP contribution in [0.25, 0.3) is 10.9 Å². The Morgan fingerprint density at radius 2 is 2.13 bits per heavy atom. The molecule has 3 aromatic rings. The van der Waals surface area contributed by atoms with Gasteiger partial charge in [-0.05, 0) is 18.2 Å². The maximum absolute atomic E-state index is 11.3. The fourth-order valence-electron chi connectivity index (χ4n) is 2.25. The summed E-state index contributed by atoms with van der Waals surface area (Å²) in [5.41, 5.74) is 1.72. The molecule has 7 nitrogen and oxygen atoms in total. The van der Waals surface area contributed by atoms with Gasteiger partial charge in [0.25, 0.3) is 0 Å². The molecular formula is C15H11BN4O3. The van der Waals surface area contributed by atoms with Crippen LogP contribution in [-0.2, 0) is 0 Å². The zero-order valence-electron chi connectivity index (χ0n) is 12.2. The van der Waals surface area contributed by atoms with Crippen LogP contribution in [0, 0.1) is 10.1 Å². The number of benzene rings is 1. The maximum Gasteiger partial charge on any atom is 0.311 e. The van der Waals surface area contributed by atoms with Gasteiger partial charge >= 0.3 is 5.69 Å². The van der Waals surface area contributed by atoms with E-state index in [-0.39, 0.29) is 5.69 Å². The standard InChI is InChI=1S/C15H11BN4O3/c1-23-15-12(3-2-6-17-15)19-14-10-7-9(16)4-5-11(10)18-8-13(14)20(21)22/h2-8H,1H3,(H,18,19). The summed E-state index contributed by atoms with van der Waals surface area (Å²) in [4.78, 5) is 19.0. The first-order valence-electron chi connectivity index (χ1n) is 6.69. The molecule has 1 aromatic carbocycles. The number of hydrogen-bond acceptors (Lipinski definition) is 6. The molecule has 112 valence electrons. The highest BCUT2D eigenvalue weighted by Crippen LogP contribution is 2.35. The van der Waals surface area contributed by atoms with Crippen molar-refractivity contribution in [2.75, 3.05) is 12.4 Å². The van der Waals surface area contributed by atoms with Crippen LogP contribution >= 0.6 is 0 Å². The van der Waals surface area contributed by atoms with Gasteiger partial charge in [-0.15, -0.1) is 0 Å². The summed E-state index contributed by atoms with van der Waals surface area (Å²) in [6, 6.07) is 8.46. The molecule has 2 heterocycles. The SMILES string of the molecule is [B]c1ccc2ncc([N+](=O)[O-])c(Nc3cccnc3OC)c2c1. The lowest BCUT2D eigenvalue weighted by molar-refractivity contribution is -0.384. The van der Waals surface area contributed by atoms with Crippen LogP contribution < -0.4 is 15.5 Å². The Labute approximate surface area is 132 Å². The van der Waals surface area contributed by atoms with Crippen molar-refractivity contribution < 1.29 is 9.66 Å². The molecule has 0 bridgehead atoms. The smallest absolute Gasteiger partial charge is 0.311 e. The van der Waals surface area contributed by atoms with E-state index in [0.717, 1.165) is 0 Å². The van der Waals surface area contributed by atoms with E-state index in [0.29, 0.717) is 33.6 Å². The summed E-state index contributed by atoms with van der Waals surface area (Å²) in [6.45, 7) is 0. The zero-order valence-corrected chi connectivity index (χ0v) is 12.2. The summed E-state index contributed by atoms with van der Waals surface area (Å²) in [5, 5.41) is 14.9. The lowest BCUT2D eigenvalue weighted by Gasteiger charge is -2.12. The largest absolute Gasteiger partial charge is 0.480 e. The quantitative estimate of drug-likeness (QED) is 0.451. The second-order valence-corrected chi connectivity index (χ2v) is 4.74. The number of aromatic nitrogens is 2. The fraction of sp³-hybridized carbons (Fsp3) is 0.0667. The van der Waals surface area contributed by atoms with Crippen LogP contribution in [0.3, 0.4) is 0 Å². The molecule has 3 rings (SSSR count). The Hall–Kier alpha value is -3.16. The number of anilines is 2. The average molecular weight is 306 g/mol. The molecule has 0 saturated heterocycles. The topological polar surface area (TPSA) is 90.2 Å². The highest BCUT2D eigenvalue weighted by atomic mass is 16.6. The van der Waals surface area contributed by atoms with E-state index in [1.807, 2.05) is 0 Å². The molecule has 2 aromatic heterocycles. The molecule has 0 aliphatic rings. The zero-order chi connectivity index (χ0) is 16.4. The van der Waals surface area contributed by atoms with Crippen LogP contribution in [0.2, 0.25) is 0 Å². The van der Waals surface area contributed by atoms with Gasteiger partial charge in [-0.1, -0.05) is 17.6 Å². The monoisotopic (exact) mass is 306 g/mol. The number of ether oxygens (including phenoxy) is 1. The van der Waals surface area contributed by atoms with Crippen molar-refractivity contribution in [3.05, 3.63) is 52.8 Å². The normalized spacial score (nSPS) is 10.5. The van der Waals surface area contributed by atoms with Gasteiger partial charge in [0.2, 0.25) is 5.88 Å². The summed E-state index contributed by atoms with van der Waals surface area (Å²) in [6.07, 6.45) is 2.78. The predicted octanol–water partition coefficient (Wildman–Crippen LogP) is 2.08. The molecule has 0 amide bonds. The van der Waals surface area contributed by atoms with Gasteiger partial charge in [-0.3, -0.25) is 10.1 Å². The van der Waals surface area contributed by atoms with Crippen LogP contribution in [0.15, 0.2) is 42.7 Å². The molecular weight excluding hydrogens is 295 g/mol. The number of rotatable bonds is 4. The minimum Gasteiger partial charge on any atom is -0.480 e. The van der Waals surface area contributed by atoms with Crippen LogP contribution in [0.4, 0.5) is 17.1 Å². The minimum atomic E-state index is -0.499. The number of hydrogen-bond donors (Lipinski definition) is 1. The van der Waals surface area contributed by atoms with E-state index in [2.05, 4.69) is 15.3 Å². The summed E-state index contributed by atoms with van der Waals surface area (Å²) < 4.78 is 5.17. The van der Waals surface area contributed by atoms with Crippen molar-refractivity contribution in [3.63, 3.8) is 0 Å². The third-order valence-electron chi connectivity index (χ3n) is 3.29. The molecule has 0 fully saturated rings. The molecule has 0 aliphatic carbocycles. The Kier molecular flexibility index (Phi) is 3.80. The third kappa shape index (κ3) is 2.78. The molecule has 0 spiro atoms. The van der Waals surface area contributed by atoms with Gasteiger partial charge < -0.3 is 10.1 Å². The lowest BCUT2D eigenvalue weighted by atomic mass is 9.94. The summed E-state index contributed by atoms with van der Waals surface area (Å²) in [7, 11) is 7.28. The first-order valence-corrected chi connectivity index (χ1v) is 6.69. The molecule has 2 radical (unpaired) electrons. The number of pyridine rings is 2. The van der Waals surface area contributed by atoms with Gasteiger partial charge in [0.1, 0.15) is 25.4 Å². The first-order chi connectivity index (χ1) is 11.1. The van der Waals surface area contributed by atoms with E-state index < -0.39 is 4.92 Å². The first kappa shape index (κ1) is 14.8. The van der Waals surface area contributed by atoms with Crippen LogP contribution in [-0.4, -0.2) is 29.8 Å². The van der Waals surface area contributed by atoms with Gasteiger partial charge in [0.05, 0.1) is 17.5 Å². The van der Waals surface area contributed by atoms with E-state index in [4.69, 9.17) is 12.6 Å². The molecule has 0 saturated carbocycles. The fourth-order valence-corrected chi connectivity index (χ4v) is 2.25. The second kappa shape index (κ2) is 5.92. The molecule has 0 atom stereocenters. The summed E-state index contributed by atoms with van der Waals surface area (Å²) in [5.74, 6) is 0.329. The van der Waals surface area contributed by atoms with E-state index >= 15 is 0 Å². The predicted molar refractivity (Wildman–Crippen MR) is 87.9 cm³/mol. The number of fused-ring (bicyclic) bond motifs is 1. The highest BCUT2D eigenvalue weighted by Gasteiger charge is 2.19. The average Bonchev–Trinajstić information content (AvgIpc) is 2.55.